The van der Waals surface area contributed by atoms with Gasteiger partial charge in [0.25, 0.3) is 0 Å². The monoisotopic (exact) mass is 301 g/mol. The zero-order chi connectivity index (χ0) is 14.7. The van der Waals surface area contributed by atoms with E-state index in [1.807, 2.05) is 36.5 Å². The summed E-state index contributed by atoms with van der Waals surface area (Å²) >= 11 is 6.43. The fraction of sp³-hybridized carbons (Fsp3) is 0.353. The van der Waals surface area contributed by atoms with Crippen LogP contribution in [0.15, 0.2) is 42.6 Å². The van der Waals surface area contributed by atoms with Gasteiger partial charge in [-0.25, -0.2) is 0 Å². The minimum absolute atomic E-state index is 0.693. The van der Waals surface area contributed by atoms with Gasteiger partial charge in [0.15, 0.2) is 0 Å². The predicted molar refractivity (Wildman–Crippen MR) is 87.7 cm³/mol. The molecule has 0 bridgehead atoms. The van der Waals surface area contributed by atoms with Crippen LogP contribution in [0, 0.1) is 0 Å². The molecule has 0 atom stereocenters. The zero-order valence-corrected chi connectivity index (χ0v) is 13.0. The zero-order valence-electron chi connectivity index (χ0n) is 12.2. The van der Waals surface area contributed by atoms with Gasteiger partial charge < -0.3 is 10.2 Å². The summed E-state index contributed by atoms with van der Waals surface area (Å²) in [5.74, 6) is 0. The molecule has 2 aromatic rings. The lowest BCUT2D eigenvalue weighted by Crippen LogP contribution is -2.22. The molecule has 1 aromatic carbocycles. The molecular weight excluding hydrogens is 282 g/mol. The topological polar surface area (TPSA) is 28.2 Å². The summed E-state index contributed by atoms with van der Waals surface area (Å²) in [7, 11) is 2.07. The molecule has 1 aliphatic carbocycles. The van der Waals surface area contributed by atoms with Crippen molar-refractivity contribution in [3.63, 3.8) is 0 Å². The highest BCUT2D eigenvalue weighted by atomic mass is 35.5. The van der Waals surface area contributed by atoms with Gasteiger partial charge in [-0.05, 0) is 36.6 Å². The van der Waals surface area contributed by atoms with Gasteiger partial charge in [0.1, 0.15) is 0 Å². The lowest BCUT2D eigenvalue weighted by atomic mass is 10.1. The van der Waals surface area contributed by atoms with Crippen LogP contribution < -0.4 is 10.2 Å². The number of nitrogens with zero attached hydrogens (tertiary/aromatic N) is 2. The molecule has 0 spiro atoms. The van der Waals surface area contributed by atoms with E-state index in [1.165, 1.54) is 18.4 Å². The van der Waals surface area contributed by atoms with Crippen molar-refractivity contribution < 1.29 is 0 Å². The van der Waals surface area contributed by atoms with Crippen LogP contribution in [0.4, 0.5) is 5.69 Å². The second-order valence-electron chi connectivity index (χ2n) is 5.58. The highest BCUT2D eigenvalue weighted by molar-refractivity contribution is 6.33. The minimum atomic E-state index is 0.693. The molecule has 1 fully saturated rings. The van der Waals surface area contributed by atoms with Crippen LogP contribution in [0.2, 0.25) is 5.02 Å². The fourth-order valence-corrected chi connectivity index (χ4v) is 2.82. The number of para-hydroxylation sites is 1. The van der Waals surface area contributed by atoms with Crippen molar-refractivity contribution in [2.75, 3.05) is 11.9 Å². The van der Waals surface area contributed by atoms with E-state index in [0.717, 1.165) is 29.5 Å². The lowest BCUT2D eigenvalue weighted by molar-refractivity contribution is 0.685. The van der Waals surface area contributed by atoms with Crippen molar-refractivity contribution >= 4 is 17.3 Å². The molecule has 1 aromatic heterocycles. The number of benzene rings is 1. The number of rotatable bonds is 6. The molecule has 3 nitrogen and oxygen atoms in total. The van der Waals surface area contributed by atoms with Crippen molar-refractivity contribution in [1.29, 1.82) is 0 Å². The maximum atomic E-state index is 6.43. The van der Waals surface area contributed by atoms with Crippen molar-refractivity contribution in [1.82, 2.24) is 10.3 Å². The van der Waals surface area contributed by atoms with Crippen LogP contribution in [-0.2, 0) is 13.1 Å². The molecule has 3 rings (SSSR count). The Morgan fingerprint density at radius 2 is 2.10 bits per heavy atom. The average Bonchev–Trinajstić information content (AvgIpc) is 3.30. The van der Waals surface area contributed by atoms with E-state index >= 15 is 0 Å². The summed E-state index contributed by atoms with van der Waals surface area (Å²) in [6.45, 7) is 1.62. The summed E-state index contributed by atoms with van der Waals surface area (Å²) in [6.07, 6.45) is 4.41. The quantitative estimate of drug-likeness (QED) is 0.883. The summed E-state index contributed by atoms with van der Waals surface area (Å²) in [5, 5.41) is 4.35. The smallest absolute Gasteiger partial charge is 0.0642 e. The van der Waals surface area contributed by atoms with E-state index in [4.69, 9.17) is 11.6 Å². The largest absolute Gasteiger partial charge is 0.367 e. The van der Waals surface area contributed by atoms with E-state index in [-0.39, 0.29) is 0 Å². The molecule has 4 heteroatoms. The maximum absolute atomic E-state index is 6.43. The molecule has 0 radical (unpaired) electrons. The molecule has 1 aliphatic rings. The Labute approximate surface area is 131 Å². The van der Waals surface area contributed by atoms with Crippen LogP contribution >= 0.6 is 11.6 Å². The number of aromatic nitrogens is 1. The first-order valence-electron chi connectivity index (χ1n) is 7.36. The highest BCUT2D eigenvalue weighted by Gasteiger charge is 2.21. The van der Waals surface area contributed by atoms with Crippen molar-refractivity contribution in [3.05, 3.63) is 58.9 Å². The first-order chi connectivity index (χ1) is 10.2. The summed E-state index contributed by atoms with van der Waals surface area (Å²) < 4.78 is 0. The number of pyridine rings is 1. The lowest BCUT2D eigenvalue weighted by Gasteiger charge is -2.23. The van der Waals surface area contributed by atoms with Gasteiger partial charge in [-0.15, -0.1) is 0 Å². The number of nitrogens with one attached hydrogen (secondary N) is 1. The van der Waals surface area contributed by atoms with Crippen molar-refractivity contribution in [2.24, 2.45) is 0 Å². The van der Waals surface area contributed by atoms with E-state index in [0.29, 0.717) is 6.04 Å². The Hall–Kier alpha value is -1.58. The van der Waals surface area contributed by atoms with Crippen LogP contribution in [0.25, 0.3) is 0 Å². The van der Waals surface area contributed by atoms with Gasteiger partial charge in [-0.1, -0.05) is 29.8 Å². The van der Waals surface area contributed by atoms with Crippen molar-refractivity contribution in [2.45, 2.75) is 32.0 Å². The molecule has 0 aliphatic heterocycles. The Morgan fingerprint density at radius 3 is 2.81 bits per heavy atom. The standard InChI is InChI=1S/C17H20ClN3/c1-21(12-15-6-2-3-10-19-15)17-13(5-4-7-16(17)18)11-20-14-8-9-14/h2-7,10,14,20H,8-9,11-12H2,1H3. The van der Waals surface area contributed by atoms with Crippen LogP contribution in [-0.4, -0.2) is 18.1 Å². The number of anilines is 1. The molecule has 0 unspecified atom stereocenters. The van der Waals surface area contributed by atoms with E-state index in [2.05, 4.69) is 28.3 Å². The predicted octanol–water partition coefficient (Wildman–Crippen LogP) is 3.62. The molecule has 1 N–H and O–H groups in total. The van der Waals surface area contributed by atoms with Crippen LogP contribution in [0.3, 0.4) is 0 Å². The molecule has 1 heterocycles. The Bertz CT molecular complexity index is 596. The average molecular weight is 302 g/mol. The number of hydrogen-bond donors (Lipinski definition) is 1. The minimum Gasteiger partial charge on any atom is -0.367 e. The highest BCUT2D eigenvalue weighted by Crippen LogP contribution is 2.31. The third kappa shape index (κ3) is 3.74. The molecule has 110 valence electrons. The van der Waals surface area contributed by atoms with Crippen molar-refractivity contribution in [3.8, 4) is 0 Å². The van der Waals surface area contributed by atoms with E-state index in [9.17, 15) is 0 Å². The third-order valence-corrected chi connectivity index (χ3v) is 4.04. The summed E-state index contributed by atoms with van der Waals surface area (Å²) in [4.78, 5) is 6.56. The Morgan fingerprint density at radius 1 is 1.24 bits per heavy atom. The van der Waals surface area contributed by atoms with Crippen LogP contribution in [0.1, 0.15) is 24.1 Å². The Kier molecular flexibility index (Phi) is 4.42. The second kappa shape index (κ2) is 6.46. The van der Waals surface area contributed by atoms with Gasteiger partial charge in [0.05, 0.1) is 22.9 Å². The molecule has 1 saturated carbocycles. The molecular formula is C17H20ClN3. The van der Waals surface area contributed by atoms with E-state index < -0.39 is 0 Å². The summed E-state index contributed by atoms with van der Waals surface area (Å²) in [6, 6.07) is 12.8. The Balaban J connectivity index is 1.78. The van der Waals surface area contributed by atoms with Gasteiger partial charge in [-0.2, -0.15) is 0 Å². The first-order valence-corrected chi connectivity index (χ1v) is 7.73. The van der Waals surface area contributed by atoms with Gasteiger partial charge in [0.2, 0.25) is 0 Å². The third-order valence-electron chi connectivity index (χ3n) is 3.74. The normalized spacial score (nSPS) is 14.2. The fourth-order valence-electron chi connectivity index (χ4n) is 2.49. The first kappa shape index (κ1) is 14.4. The van der Waals surface area contributed by atoms with Gasteiger partial charge >= 0.3 is 0 Å². The van der Waals surface area contributed by atoms with Gasteiger partial charge in [-0.3, -0.25) is 4.98 Å². The number of halogens is 1. The van der Waals surface area contributed by atoms with Gasteiger partial charge in [0, 0.05) is 25.8 Å². The van der Waals surface area contributed by atoms with E-state index in [1.54, 1.807) is 0 Å². The second-order valence-corrected chi connectivity index (χ2v) is 5.99. The maximum Gasteiger partial charge on any atom is 0.0642 e. The number of hydrogen-bond acceptors (Lipinski definition) is 3. The SMILES string of the molecule is CN(Cc1ccccn1)c1c(Cl)cccc1CNC1CC1. The molecule has 21 heavy (non-hydrogen) atoms. The molecule has 0 saturated heterocycles. The summed E-state index contributed by atoms with van der Waals surface area (Å²) in [5.41, 5.74) is 3.38. The van der Waals surface area contributed by atoms with Crippen LogP contribution in [0.5, 0.6) is 0 Å². The molecule has 0 amide bonds.